The molecule has 2 aromatic carbocycles. The van der Waals surface area contributed by atoms with Crippen LogP contribution in [0.3, 0.4) is 0 Å². The highest BCUT2D eigenvalue weighted by atomic mass is 32.1. The summed E-state index contributed by atoms with van der Waals surface area (Å²) in [6, 6.07) is 20.6. The smallest absolute Gasteiger partial charge is 0.180 e. The van der Waals surface area contributed by atoms with E-state index in [9.17, 15) is 0 Å². The molecule has 3 rings (SSSR count). The number of benzene rings is 2. The molecule has 1 aromatic heterocycles. The number of nitrogens with one attached hydrogen (secondary N) is 1. The Morgan fingerprint density at radius 1 is 0.950 bits per heavy atom. The lowest BCUT2D eigenvalue weighted by molar-refractivity contribution is 0.849. The molecule has 0 aliphatic rings. The van der Waals surface area contributed by atoms with Gasteiger partial charge in [0.15, 0.2) is 3.95 Å². The van der Waals surface area contributed by atoms with Gasteiger partial charge in [-0.1, -0.05) is 60.7 Å². The van der Waals surface area contributed by atoms with Crippen molar-refractivity contribution in [2.75, 3.05) is 5.43 Å². The minimum atomic E-state index is 0.756. The molecule has 0 saturated heterocycles. The molecule has 0 spiro atoms. The van der Waals surface area contributed by atoms with Gasteiger partial charge in [0, 0.05) is 10.9 Å². The third-order valence-electron chi connectivity index (χ3n) is 3.05. The Kier molecular flexibility index (Phi) is 3.95. The Hall–Kier alpha value is -1.91. The fraction of sp³-hybridized carbons (Fsp3) is 0.0625. The molecule has 0 radical (unpaired) electrons. The molecule has 0 amide bonds. The summed E-state index contributed by atoms with van der Waals surface area (Å²) < 4.78 is 2.82. The van der Waals surface area contributed by atoms with Crippen molar-refractivity contribution in [3.63, 3.8) is 0 Å². The molecule has 20 heavy (non-hydrogen) atoms. The summed E-state index contributed by atoms with van der Waals surface area (Å²) in [6.07, 6.45) is 0. The lowest BCUT2D eigenvalue weighted by Crippen LogP contribution is -2.15. The quantitative estimate of drug-likeness (QED) is 0.704. The molecule has 4 heteroatoms. The van der Waals surface area contributed by atoms with Gasteiger partial charge in [0.05, 0.1) is 12.2 Å². The van der Waals surface area contributed by atoms with Crippen molar-refractivity contribution < 1.29 is 0 Å². The van der Waals surface area contributed by atoms with Crippen molar-refractivity contribution in [1.82, 2.24) is 4.68 Å². The topological polar surface area (TPSA) is 17.0 Å². The van der Waals surface area contributed by atoms with Crippen LogP contribution in [0.1, 0.15) is 5.56 Å². The highest BCUT2D eigenvalue weighted by Crippen LogP contribution is 2.22. The van der Waals surface area contributed by atoms with Gasteiger partial charge in [-0.3, -0.25) is 0 Å². The molecule has 0 unspecified atom stereocenters. The zero-order valence-electron chi connectivity index (χ0n) is 10.8. The van der Waals surface area contributed by atoms with Crippen LogP contribution < -0.4 is 5.43 Å². The highest BCUT2D eigenvalue weighted by molar-refractivity contribution is 7.73. The minimum Gasteiger partial charge on any atom is -0.319 e. The monoisotopic (exact) mass is 298 g/mol. The summed E-state index contributed by atoms with van der Waals surface area (Å²) in [4.78, 5) is 0. The minimum absolute atomic E-state index is 0.756. The van der Waals surface area contributed by atoms with E-state index in [4.69, 9.17) is 12.2 Å². The maximum Gasteiger partial charge on any atom is 0.180 e. The SMILES string of the molecule is S=c1scc(-c2ccccc2)n1NCc1ccccc1. The fourth-order valence-corrected chi connectivity index (χ4v) is 3.06. The second kappa shape index (κ2) is 6.03. The molecule has 1 N–H and O–H groups in total. The largest absolute Gasteiger partial charge is 0.319 e. The van der Waals surface area contributed by atoms with Crippen LogP contribution in [0.4, 0.5) is 0 Å². The van der Waals surface area contributed by atoms with Crippen LogP contribution in [0.2, 0.25) is 0 Å². The molecule has 0 atom stereocenters. The first-order valence-corrected chi connectivity index (χ1v) is 7.67. The zero-order valence-corrected chi connectivity index (χ0v) is 12.5. The average Bonchev–Trinajstić information content (AvgIpc) is 2.88. The van der Waals surface area contributed by atoms with Crippen LogP contribution in [0.15, 0.2) is 66.0 Å². The number of nitrogens with zero attached hydrogens (tertiary/aromatic N) is 1. The summed E-state index contributed by atoms with van der Waals surface area (Å²) >= 11 is 6.98. The van der Waals surface area contributed by atoms with Crippen LogP contribution in [0.5, 0.6) is 0 Å². The van der Waals surface area contributed by atoms with Gasteiger partial charge in [0.1, 0.15) is 0 Å². The van der Waals surface area contributed by atoms with E-state index in [0.717, 1.165) is 16.2 Å². The van der Waals surface area contributed by atoms with Gasteiger partial charge in [-0.05, 0) is 17.8 Å². The first-order chi connectivity index (χ1) is 9.84. The van der Waals surface area contributed by atoms with Gasteiger partial charge >= 0.3 is 0 Å². The van der Waals surface area contributed by atoms with E-state index in [1.165, 1.54) is 11.1 Å². The Morgan fingerprint density at radius 3 is 2.30 bits per heavy atom. The lowest BCUT2D eigenvalue weighted by Gasteiger charge is -2.11. The van der Waals surface area contributed by atoms with Crippen molar-refractivity contribution in [2.45, 2.75) is 6.54 Å². The van der Waals surface area contributed by atoms with E-state index in [0.29, 0.717) is 0 Å². The highest BCUT2D eigenvalue weighted by Gasteiger charge is 2.06. The van der Waals surface area contributed by atoms with E-state index in [1.54, 1.807) is 11.3 Å². The maximum absolute atomic E-state index is 5.41. The van der Waals surface area contributed by atoms with Gasteiger partial charge in [-0.2, -0.15) is 0 Å². The van der Waals surface area contributed by atoms with E-state index in [2.05, 4.69) is 35.1 Å². The fourth-order valence-electron chi connectivity index (χ4n) is 2.03. The Bertz CT molecular complexity index is 730. The number of aromatic nitrogens is 1. The van der Waals surface area contributed by atoms with Gasteiger partial charge in [0.25, 0.3) is 0 Å². The zero-order chi connectivity index (χ0) is 13.8. The standard InChI is InChI=1S/C16H14N2S2/c19-16-18(17-11-13-7-3-1-4-8-13)15(12-20-16)14-9-5-2-6-10-14/h1-10,12,17H,11H2. The molecular weight excluding hydrogens is 284 g/mol. The first-order valence-electron chi connectivity index (χ1n) is 6.38. The Labute approximate surface area is 127 Å². The number of rotatable bonds is 4. The first kappa shape index (κ1) is 13.1. The number of thiazole rings is 1. The summed E-state index contributed by atoms with van der Waals surface area (Å²) in [5, 5.41) is 2.09. The van der Waals surface area contributed by atoms with Crippen molar-refractivity contribution in [3.05, 3.63) is 75.6 Å². The van der Waals surface area contributed by atoms with Crippen molar-refractivity contribution in [2.24, 2.45) is 0 Å². The Balaban J connectivity index is 1.87. The molecule has 0 aliphatic carbocycles. The second-order valence-corrected chi connectivity index (χ2v) is 5.91. The number of hydrogen-bond acceptors (Lipinski definition) is 3. The predicted molar refractivity (Wildman–Crippen MR) is 88.1 cm³/mol. The summed E-state index contributed by atoms with van der Waals surface area (Å²) in [5.41, 5.74) is 6.91. The third kappa shape index (κ3) is 2.81. The van der Waals surface area contributed by atoms with Crippen molar-refractivity contribution in [1.29, 1.82) is 0 Å². The molecule has 0 saturated carbocycles. The van der Waals surface area contributed by atoms with E-state index in [-0.39, 0.29) is 0 Å². The van der Waals surface area contributed by atoms with Crippen LogP contribution >= 0.6 is 23.6 Å². The van der Waals surface area contributed by atoms with Crippen LogP contribution in [0, 0.1) is 3.95 Å². The molecule has 1 heterocycles. The number of hydrogen-bond donors (Lipinski definition) is 1. The third-order valence-corrected chi connectivity index (χ3v) is 4.25. The molecule has 0 aliphatic heterocycles. The summed E-state index contributed by atoms with van der Waals surface area (Å²) in [6.45, 7) is 0.756. The summed E-state index contributed by atoms with van der Waals surface area (Å²) in [5.74, 6) is 0. The maximum atomic E-state index is 5.41. The van der Waals surface area contributed by atoms with Gasteiger partial charge < -0.3 is 5.43 Å². The Morgan fingerprint density at radius 2 is 1.60 bits per heavy atom. The lowest BCUT2D eigenvalue weighted by atomic mass is 10.2. The van der Waals surface area contributed by atoms with E-state index in [1.807, 2.05) is 41.1 Å². The molecule has 0 fully saturated rings. The summed E-state index contributed by atoms with van der Waals surface area (Å²) in [7, 11) is 0. The van der Waals surface area contributed by atoms with E-state index < -0.39 is 0 Å². The van der Waals surface area contributed by atoms with Crippen LogP contribution in [-0.4, -0.2) is 4.68 Å². The molecule has 3 aromatic rings. The van der Waals surface area contributed by atoms with Crippen LogP contribution in [-0.2, 0) is 6.54 Å². The van der Waals surface area contributed by atoms with Gasteiger partial charge in [0.2, 0.25) is 0 Å². The van der Waals surface area contributed by atoms with Crippen molar-refractivity contribution >= 4 is 23.6 Å². The average molecular weight is 298 g/mol. The van der Waals surface area contributed by atoms with Crippen LogP contribution in [0.25, 0.3) is 11.3 Å². The molecular formula is C16H14N2S2. The molecule has 0 bridgehead atoms. The molecule has 2 nitrogen and oxygen atoms in total. The molecule has 100 valence electrons. The predicted octanol–water partition coefficient (Wildman–Crippen LogP) is 4.69. The van der Waals surface area contributed by atoms with Gasteiger partial charge in [-0.25, -0.2) is 4.68 Å². The second-order valence-electron chi connectivity index (χ2n) is 4.41. The normalized spacial score (nSPS) is 10.4. The van der Waals surface area contributed by atoms with E-state index >= 15 is 0 Å². The van der Waals surface area contributed by atoms with Gasteiger partial charge in [-0.15, -0.1) is 11.3 Å². The van der Waals surface area contributed by atoms with Crippen molar-refractivity contribution in [3.8, 4) is 11.3 Å².